The molecule has 0 unspecified atom stereocenters. The van der Waals surface area contributed by atoms with Crippen LogP contribution in [0.1, 0.15) is 42.2 Å². The lowest BCUT2D eigenvalue weighted by molar-refractivity contribution is 0.0692. The second-order valence-corrected chi connectivity index (χ2v) is 7.37. The SMILES string of the molecule is O=C(O)c1ccccc1[S@](=O)c1cccc2c1C(=O)c1ccccc1C2=O. The standard InChI is InChI=1S/C21H12O5S/c22-19-12-6-1-2-7-13(12)20(23)18-15(19)9-5-11-17(18)27(26)16-10-4-3-8-14(16)21(24)25/h1-11H,(H,24,25)/t27-/m0/s1. The molecule has 0 heterocycles. The van der Waals surface area contributed by atoms with E-state index in [4.69, 9.17) is 0 Å². The molecule has 3 aromatic rings. The molecule has 0 spiro atoms. The van der Waals surface area contributed by atoms with E-state index in [1.165, 1.54) is 30.3 Å². The number of benzene rings is 3. The second-order valence-electron chi connectivity index (χ2n) is 5.95. The van der Waals surface area contributed by atoms with E-state index in [2.05, 4.69) is 0 Å². The van der Waals surface area contributed by atoms with Gasteiger partial charge in [0.2, 0.25) is 0 Å². The Labute approximate surface area is 156 Å². The molecule has 4 rings (SSSR count). The second kappa shape index (κ2) is 6.41. The van der Waals surface area contributed by atoms with Gasteiger partial charge in [-0.3, -0.25) is 9.59 Å². The molecule has 1 aliphatic rings. The zero-order valence-electron chi connectivity index (χ0n) is 13.8. The van der Waals surface area contributed by atoms with Crippen LogP contribution in [-0.2, 0) is 10.8 Å². The maximum Gasteiger partial charge on any atom is 0.336 e. The molecule has 3 aromatic carbocycles. The maximum atomic E-state index is 13.2. The lowest BCUT2D eigenvalue weighted by Gasteiger charge is -2.20. The summed E-state index contributed by atoms with van der Waals surface area (Å²) in [7, 11) is -1.93. The summed E-state index contributed by atoms with van der Waals surface area (Å²) in [6.45, 7) is 0. The molecule has 0 aromatic heterocycles. The zero-order chi connectivity index (χ0) is 19.1. The molecule has 27 heavy (non-hydrogen) atoms. The fourth-order valence-electron chi connectivity index (χ4n) is 3.19. The highest BCUT2D eigenvalue weighted by Crippen LogP contribution is 2.33. The Hall–Kier alpha value is -3.38. The first kappa shape index (κ1) is 17.1. The minimum absolute atomic E-state index is 0.0692. The van der Waals surface area contributed by atoms with E-state index in [1.807, 2.05) is 0 Å². The van der Waals surface area contributed by atoms with Gasteiger partial charge in [-0.05, 0) is 18.2 Å². The van der Waals surface area contributed by atoms with Crippen molar-refractivity contribution in [3.63, 3.8) is 0 Å². The third-order valence-corrected chi connectivity index (χ3v) is 5.93. The van der Waals surface area contributed by atoms with Crippen LogP contribution in [0, 0.1) is 0 Å². The van der Waals surface area contributed by atoms with Crippen LogP contribution >= 0.6 is 0 Å². The highest BCUT2D eigenvalue weighted by molar-refractivity contribution is 7.85. The van der Waals surface area contributed by atoms with Gasteiger partial charge in [0.15, 0.2) is 11.6 Å². The summed E-state index contributed by atoms with van der Waals surface area (Å²) < 4.78 is 13.2. The Balaban J connectivity index is 1.94. The number of aromatic carboxylic acids is 1. The summed E-state index contributed by atoms with van der Waals surface area (Å²) in [5, 5.41) is 9.37. The molecule has 0 fully saturated rings. The van der Waals surface area contributed by atoms with Crippen molar-refractivity contribution >= 4 is 28.3 Å². The number of rotatable bonds is 3. The third-order valence-electron chi connectivity index (χ3n) is 4.43. The van der Waals surface area contributed by atoms with E-state index in [9.17, 15) is 23.7 Å². The van der Waals surface area contributed by atoms with Crippen LogP contribution < -0.4 is 0 Å². The van der Waals surface area contributed by atoms with E-state index in [-0.39, 0.29) is 37.8 Å². The zero-order valence-corrected chi connectivity index (χ0v) is 14.7. The molecule has 1 atom stereocenters. The van der Waals surface area contributed by atoms with E-state index in [0.717, 1.165) is 0 Å². The molecule has 1 aliphatic carbocycles. The number of fused-ring (bicyclic) bond motifs is 2. The Morgan fingerprint density at radius 1 is 0.704 bits per heavy atom. The molecular formula is C21H12O5S. The number of hydrogen-bond acceptors (Lipinski definition) is 4. The van der Waals surface area contributed by atoms with Gasteiger partial charge in [0.1, 0.15) is 0 Å². The van der Waals surface area contributed by atoms with Crippen LogP contribution in [0.2, 0.25) is 0 Å². The topological polar surface area (TPSA) is 88.5 Å². The van der Waals surface area contributed by atoms with E-state index in [0.29, 0.717) is 5.56 Å². The van der Waals surface area contributed by atoms with E-state index >= 15 is 0 Å². The summed E-state index contributed by atoms with van der Waals surface area (Å²) in [5.41, 5.74) is 0.704. The number of hydrogen-bond donors (Lipinski definition) is 1. The van der Waals surface area contributed by atoms with Crippen molar-refractivity contribution in [3.05, 3.63) is 94.5 Å². The Bertz CT molecular complexity index is 1160. The molecule has 0 amide bonds. The van der Waals surface area contributed by atoms with Crippen molar-refractivity contribution in [2.24, 2.45) is 0 Å². The van der Waals surface area contributed by atoms with Crippen LogP contribution in [0.25, 0.3) is 0 Å². The fraction of sp³-hybridized carbons (Fsp3) is 0. The lowest BCUT2D eigenvalue weighted by atomic mass is 9.84. The number of carbonyl (C=O) groups excluding carboxylic acids is 2. The van der Waals surface area contributed by atoms with Gasteiger partial charge >= 0.3 is 5.97 Å². The smallest absolute Gasteiger partial charge is 0.336 e. The fourth-order valence-corrected chi connectivity index (χ4v) is 4.58. The van der Waals surface area contributed by atoms with Gasteiger partial charge in [-0.15, -0.1) is 0 Å². The summed E-state index contributed by atoms with van der Waals surface area (Å²) in [4.78, 5) is 37.5. The first-order chi connectivity index (χ1) is 13.0. The van der Waals surface area contributed by atoms with Crippen molar-refractivity contribution in [1.29, 1.82) is 0 Å². The summed E-state index contributed by atoms with van der Waals surface area (Å²) >= 11 is 0. The van der Waals surface area contributed by atoms with Gasteiger partial charge in [-0.1, -0.05) is 48.5 Å². The average molecular weight is 376 g/mol. The van der Waals surface area contributed by atoms with E-state index < -0.39 is 22.6 Å². The first-order valence-electron chi connectivity index (χ1n) is 8.06. The minimum atomic E-state index is -1.93. The number of ketones is 2. The Morgan fingerprint density at radius 3 is 1.96 bits per heavy atom. The predicted molar refractivity (Wildman–Crippen MR) is 97.8 cm³/mol. The molecule has 132 valence electrons. The van der Waals surface area contributed by atoms with Gasteiger partial charge in [0, 0.05) is 16.7 Å². The van der Waals surface area contributed by atoms with E-state index in [1.54, 1.807) is 36.4 Å². The van der Waals surface area contributed by atoms with Crippen LogP contribution in [-0.4, -0.2) is 26.9 Å². The minimum Gasteiger partial charge on any atom is -0.478 e. The largest absolute Gasteiger partial charge is 0.478 e. The predicted octanol–water partition coefficient (Wildman–Crippen LogP) is 3.33. The third kappa shape index (κ3) is 2.62. The number of carboxylic acid groups (broad SMARTS) is 1. The monoisotopic (exact) mass is 376 g/mol. The van der Waals surface area contributed by atoms with Crippen LogP contribution in [0.3, 0.4) is 0 Å². The quantitative estimate of drug-likeness (QED) is 0.592. The van der Waals surface area contributed by atoms with Gasteiger partial charge in [-0.25, -0.2) is 9.00 Å². The molecule has 0 saturated heterocycles. The summed E-state index contributed by atoms with van der Waals surface area (Å²) in [6, 6.07) is 17.0. The maximum absolute atomic E-state index is 13.2. The molecule has 0 radical (unpaired) electrons. The Kier molecular flexibility index (Phi) is 4.05. The van der Waals surface area contributed by atoms with Crippen LogP contribution in [0.4, 0.5) is 0 Å². The van der Waals surface area contributed by atoms with Crippen molar-refractivity contribution < 1.29 is 23.7 Å². The van der Waals surface area contributed by atoms with Gasteiger partial charge in [-0.2, -0.15) is 0 Å². The van der Waals surface area contributed by atoms with Crippen LogP contribution in [0.5, 0.6) is 0 Å². The molecule has 5 nitrogen and oxygen atoms in total. The normalized spacial score (nSPS) is 13.6. The number of carbonyl (C=O) groups is 3. The van der Waals surface area contributed by atoms with Crippen molar-refractivity contribution in [1.82, 2.24) is 0 Å². The van der Waals surface area contributed by atoms with Crippen molar-refractivity contribution in [3.8, 4) is 0 Å². The number of carboxylic acids is 1. The van der Waals surface area contributed by atoms with Gasteiger partial charge in [0.25, 0.3) is 0 Å². The van der Waals surface area contributed by atoms with Crippen molar-refractivity contribution in [2.75, 3.05) is 0 Å². The van der Waals surface area contributed by atoms with Crippen molar-refractivity contribution in [2.45, 2.75) is 9.79 Å². The highest BCUT2D eigenvalue weighted by atomic mass is 32.2. The molecule has 0 saturated carbocycles. The summed E-state index contributed by atoms with van der Waals surface area (Å²) in [5.74, 6) is -1.92. The molecule has 1 N–H and O–H groups in total. The molecule has 6 heteroatoms. The molecule has 0 bridgehead atoms. The first-order valence-corrected chi connectivity index (χ1v) is 9.21. The van der Waals surface area contributed by atoms with Crippen LogP contribution in [0.15, 0.2) is 76.5 Å². The highest BCUT2D eigenvalue weighted by Gasteiger charge is 2.33. The Morgan fingerprint density at radius 2 is 1.26 bits per heavy atom. The summed E-state index contributed by atoms with van der Waals surface area (Å²) in [6.07, 6.45) is 0. The van der Waals surface area contributed by atoms with Gasteiger partial charge in [0.05, 0.1) is 31.7 Å². The average Bonchev–Trinajstić information content (AvgIpc) is 2.71. The van der Waals surface area contributed by atoms with Gasteiger partial charge < -0.3 is 5.11 Å². The molecular weight excluding hydrogens is 364 g/mol. The lowest BCUT2D eigenvalue weighted by Crippen LogP contribution is -2.23. The molecule has 0 aliphatic heterocycles.